The number of carboxylic acid groups (broad SMARTS) is 1. The van der Waals surface area contributed by atoms with E-state index in [0.29, 0.717) is 116 Å². The molecular formula is C52H61F3N8O9. The molecule has 17 nitrogen and oxygen atoms in total. The maximum absolute atomic E-state index is 13.8. The van der Waals surface area contributed by atoms with Crippen molar-refractivity contribution in [3.63, 3.8) is 0 Å². The van der Waals surface area contributed by atoms with Crippen molar-refractivity contribution in [2.45, 2.75) is 83.9 Å². The summed E-state index contributed by atoms with van der Waals surface area (Å²) in [6.45, 7) is 7.44. The predicted molar refractivity (Wildman–Crippen MR) is 263 cm³/mol. The molecule has 6 amide bonds. The zero-order valence-electron chi connectivity index (χ0n) is 40.9. The number of aryl methyl sites for hydroxylation is 1. The summed E-state index contributed by atoms with van der Waals surface area (Å²) >= 11 is 0. The molecule has 2 atom stereocenters. The quantitative estimate of drug-likeness (QED) is 0.0824. The first-order valence-electron chi connectivity index (χ1n) is 24.5. The maximum atomic E-state index is 13.8. The Morgan fingerprint density at radius 1 is 0.875 bits per heavy atom. The number of hydrogen-bond donors (Lipinski definition) is 4. The fourth-order valence-corrected chi connectivity index (χ4v) is 10.2. The van der Waals surface area contributed by atoms with Crippen LogP contribution in [0.1, 0.15) is 104 Å². The van der Waals surface area contributed by atoms with Gasteiger partial charge in [-0.2, -0.15) is 13.2 Å². The van der Waals surface area contributed by atoms with E-state index in [1.807, 2.05) is 27.2 Å². The van der Waals surface area contributed by atoms with Crippen LogP contribution in [0.15, 0.2) is 54.6 Å². The van der Waals surface area contributed by atoms with Crippen molar-refractivity contribution >= 4 is 63.5 Å². The molecule has 3 fully saturated rings. The van der Waals surface area contributed by atoms with E-state index in [1.165, 1.54) is 18.1 Å². The van der Waals surface area contributed by atoms with Crippen molar-refractivity contribution in [2.24, 2.45) is 17.8 Å². The number of halogens is 3. The van der Waals surface area contributed by atoms with E-state index < -0.39 is 29.9 Å². The highest BCUT2D eigenvalue weighted by Crippen LogP contribution is 2.41. The third-order valence-electron chi connectivity index (χ3n) is 14.2. The Labute approximate surface area is 415 Å². The Morgan fingerprint density at radius 2 is 1.60 bits per heavy atom. The van der Waals surface area contributed by atoms with E-state index >= 15 is 0 Å². The molecule has 4 N–H and O–H groups in total. The number of methoxy groups -OCH3 is 2. The van der Waals surface area contributed by atoms with E-state index in [0.717, 1.165) is 55.4 Å². The van der Waals surface area contributed by atoms with E-state index in [9.17, 15) is 42.3 Å². The number of allylic oxidation sites excluding steroid dienone is 2. The van der Waals surface area contributed by atoms with Gasteiger partial charge in [0, 0.05) is 86.5 Å². The average molecular weight is 999 g/mol. The molecule has 0 saturated carbocycles. The highest BCUT2D eigenvalue weighted by atomic mass is 19.4. The van der Waals surface area contributed by atoms with Crippen LogP contribution in [0.3, 0.4) is 0 Å². The molecule has 1 aliphatic carbocycles. The molecule has 0 radical (unpaired) electrons. The second-order valence-corrected chi connectivity index (χ2v) is 19.0. The molecule has 0 spiro atoms. The molecule has 3 aromatic carbocycles. The number of aromatic nitrogens is 2. The van der Waals surface area contributed by atoms with Crippen molar-refractivity contribution in [3.8, 4) is 11.5 Å². The fourth-order valence-electron chi connectivity index (χ4n) is 10.2. The minimum atomic E-state index is -4.70. The number of hydrogen-bond acceptors (Lipinski definition) is 11. The standard InChI is InChI=1S/C52H61F3N8O9/c1-30(37-23-38(52(53,54)55)26-39(24-37)59-51(68)69)56-47-41-27-40(45(71-4)28-42(41)57-31(2)58-47)34-5-7-35(8-6-34)48(65)61-17-11-32(12-18-61)16-22-72-29-33-13-19-62(20-14-33)49(66)36-9-10-44(70-3)43(25-36)63-21-15-46(64)60-50(63)67/h5,9-10,23-28,30,32-33,35,59H,6-8,11-22,29H2,1-4H3,(H,68,69)(H,56,57,58)(H,60,64,67). The summed E-state index contributed by atoms with van der Waals surface area (Å²) in [6, 6.07) is 10.6. The van der Waals surface area contributed by atoms with Crippen molar-refractivity contribution in [2.75, 3.05) is 75.7 Å². The lowest BCUT2D eigenvalue weighted by atomic mass is 9.84. The summed E-state index contributed by atoms with van der Waals surface area (Å²) in [6.07, 6.45) is 2.30. The highest BCUT2D eigenvalue weighted by molar-refractivity contribution is 6.07. The molecule has 1 aromatic heterocycles. The summed E-state index contributed by atoms with van der Waals surface area (Å²) in [5.74, 6) is 2.20. The lowest BCUT2D eigenvalue weighted by Gasteiger charge is -2.35. The van der Waals surface area contributed by atoms with Gasteiger partial charge in [0.1, 0.15) is 23.1 Å². The number of nitrogens with zero attached hydrogens (tertiary/aromatic N) is 5. The van der Waals surface area contributed by atoms with Gasteiger partial charge in [0.2, 0.25) is 11.8 Å². The van der Waals surface area contributed by atoms with Crippen LogP contribution in [0.4, 0.5) is 40.0 Å². The monoisotopic (exact) mass is 998 g/mol. The van der Waals surface area contributed by atoms with Gasteiger partial charge in [0.15, 0.2) is 0 Å². The van der Waals surface area contributed by atoms with Crippen molar-refractivity contribution in [1.29, 1.82) is 0 Å². The average Bonchev–Trinajstić information content (AvgIpc) is 3.36. The van der Waals surface area contributed by atoms with Crippen LogP contribution >= 0.6 is 0 Å². The number of benzene rings is 3. The smallest absolute Gasteiger partial charge is 0.416 e. The molecule has 3 saturated heterocycles. The van der Waals surface area contributed by atoms with Crippen molar-refractivity contribution in [3.05, 3.63) is 82.7 Å². The summed E-state index contributed by atoms with van der Waals surface area (Å²) in [5, 5.41) is 17.4. The van der Waals surface area contributed by atoms with Crippen LogP contribution in [0.5, 0.6) is 11.5 Å². The van der Waals surface area contributed by atoms with Gasteiger partial charge in [-0.1, -0.05) is 6.08 Å². The summed E-state index contributed by atoms with van der Waals surface area (Å²) in [4.78, 5) is 77.4. The van der Waals surface area contributed by atoms with Crippen LogP contribution in [0.25, 0.3) is 16.5 Å². The highest BCUT2D eigenvalue weighted by Gasteiger charge is 2.34. The number of amides is 6. The Morgan fingerprint density at radius 3 is 2.26 bits per heavy atom. The number of alkyl halides is 3. The summed E-state index contributed by atoms with van der Waals surface area (Å²) in [7, 11) is 3.07. The summed E-state index contributed by atoms with van der Waals surface area (Å²) < 4.78 is 58.9. The largest absolute Gasteiger partial charge is 0.496 e. The van der Waals surface area contributed by atoms with Crippen LogP contribution in [-0.2, 0) is 20.5 Å². The fraction of sp³-hybridized carbons (Fsp3) is 0.481. The lowest BCUT2D eigenvalue weighted by molar-refractivity contribution is -0.138. The first-order valence-corrected chi connectivity index (χ1v) is 24.5. The molecule has 72 heavy (non-hydrogen) atoms. The number of imide groups is 1. The number of rotatable bonds is 15. The SMILES string of the molecule is COc1cc2nc(C)nc(NC(C)c3cc(NC(=O)O)cc(C(F)(F)F)c3)c2cc1C1=CCC(C(=O)N2CCC(CCOCC3CCN(C(=O)c4ccc(OC)c(N5CCC(=O)NC5=O)c4)CC3)CC2)CC1. The van der Waals surface area contributed by atoms with Gasteiger partial charge in [-0.3, -0.25) is 29.9 Å². The van der Waals surface area contributed by atoms with E-state index in [-0.39, 0.29) is 47.9 Å². The zero-order valence-corrected chi connectivity index (χ0v) is 40.9. The number of nitrogens with one attached hydrogen (secondary N) is 3. The molecule has 2 unspecified atom stereocenters. The first kappa shape index (κ1) is 51.4. The Bertz CT molecular complexity index is 2740. The number of ether oxygens (including phenoxy) is 3. The number of carbonyl (C=O) groups excluding carboxylic acids is 4. The number of likely N-dealkylation sites (tertiary alicyclic amines) is 2. The third-order valence-corrected chi connectivity index (χ3v) is 14.2. The van der Waals surface area contributed by atoms with Crippen molar-refractivity contribution in [1.82, 2.24) is 25.1 Å². The van der Waals surface area contributed by atoms with E-state index in [1.54, 1.807) is 39.2 Å². The molecule has 4 heterocycles. The van der Waals surface area contributed by atoms with Crippen LogP contribution in [0.2, 0.25) is 0 Å². The normalized spacial score (nSPS) is 18.6. The molecule has 8 rings (SSSR count). The zero-order chi connectivity index (χ0) is 51.3. The topological polar surface area (TPSA) is 205 Å². The van der Waals surface area contributed by atoms with Gasteiger partial charge in [0.25, 0.3) is 5.91 Å². The van der Waals surface area contributed by atoms with Gasteiger partial charge in [-0.15, -0.1) is 0 Å². The van der Waals surface area contributed by atoms with Crippen LogP contribution in [0, 0.1) is 24.7 Å². The minimum Gasteiger partial charge on any atom is -0.496 e. The van der Waals surface area contributed by atoms with Gasteiger partial charge in [-0.05, 0) is 131 Å². The second-order valence-electron chi connectivity index (χ2n) is 19.0. The van der Waals surface area contributed by atoms with Gasteiger partial charge >= 0.3 is 18.3 Å². The molecule has 3 aliphatic heterocycles. The van der Waals surface area contributed by atoms with Gasteiger partial charge in [0.05, 0.1) is 37.0 Å². The lowest BCUT2D eigenvalue weighted by Crippen LogP contribution is -2.49. The molecular weight excluding hydrogens is 938 g/mol. The predicted octanol–water partition coefficient (Wildman–Crippen LogP) is 9.06. The van der Waals surface area contributed by atoms with Gasteiger partial charge in [-0.25, -0.2) is 19.6 Å². The van der Waals surface area contributed by atoms with Gasteiger partial charge < -0.3 is 34.4 Å². The van der Waals surface area contributed by atoms with Crippen molar-refractivity contribution < 1.29 is 56.5 Å². The Kier molecular flexibility index (Phi) is 15.9. The van der Waals surface area contributed by atoms with E-state index in [2.05, 4.69) is 26.7 Å². The number of carbonyl (C=O) groups is 5. The number of anilines is 3. The third kappa shape index (κ3) is 12.0. The first-order chi connectivity index (χ1) is 34.5. The molecule has 20 heteroatoms. The number of fused-ring (bicyclic) bond motifs is 1. The number of urea groups is 1. The molecule has 0 bridgehead atoms. The summed E-state index contributed by atoms with van der Waals surface area (Å²) in [5.41, 5.74) is 2.27. The second kappa shape index (κ2) is 22.2. The maximum Gasteiger partial charge on any atom is 0.416 e. The number of piperidine rings is 2. The minimum absolute atomic E-state index is 0.120. The Balaban J connectivity index is 0.798. The molecule has 4 aromatic rings. The van der Waals surface area contributed by atoms with Crippen LogP contribution in [-0.4, -0.2) is 115 Å². The molecule has 4 aliphatic rings. The molecule has 384 valence electrons. The van der Waals surface area contributed by atoms with E-state index in [4.69, 9.17) is 14.2 Å². The van der Waals surface area contributed by atoms with Crippen LogP contribution < -0.4 is 30.3 Å². The Hall–Kier alpha value is -6.96.